The maximum Gasteiger partial charge on any atom is 0.336 e. The smallest absolute Gasteiger partial charge is 0.336 e. The lowest BCUT2D eigenvalue weighted by Crippen LogP contribution is -1.98. The van der Waals surface area contributed by atoms with Crippen LogP contribution >= 0.6 is 11.8 Å². The maximum absolute atomic E-state index is 12.4. The molecular weight excluding hydrogens is 336 g/mol. The number of hydrogen-bond acceptors (Lipinski definition) is 4. The second kappa shape index (κ2) is 6.11. The number of thioether (sulfide) groups is 1. The van der Waals surface area contributed by atoms with Gasteiger partial charge in [-0.25, -0.2) is 4.79 Å². The lowest BCUT2D eigenvalue weighted by Gasteiger charge is -2.02. The molecule has 0 unspecified atom stereocenters. The van der Waals surface area contributed by atoms with E-state index < -0.39 is 5.97 Å². The molecule has 0 amide bonds. The first-order valence-corrected chi connectivity index (χ1v) is 8.41. The number of carboxylic acids is 1. The van der Waals surface area contributed by atoms with Crippen molar-refractivity contribution >= 4 is 29.6 Å². The zero-order valence-electron chi connectivity index (χ0n) is 12.9. The third-order valence-electron chi connectivity index (χ3n) is 3.90. The van der Waals surface area contributed by atoms with Crippen LogP contribution in [0.5, 0.6) is 0 Å². The zero-order chi connectivity index (χ0) is 17.4. The van der Waals surface area contributed by atoms with Crippen molar-refractivity contribution in [1.29, 1.82) is 0 Å². The van der Waals surface area contributed by atoms with Gasteiger partial charge < -0.3 is 9.52 Å². The van der Waals surface area contributed by atoms with Gasteiger partial charge in [-0.15, -0.1) is 0 Å². The molecule has 2 heterocycles. The molecule has 4 rings (SSSR count). The Hall–Kier alpha value is -3.05. The number of carbonyl (C=O) groups is 2. The summed E-state index contributed by atoms with van der Waals surface area (Å²) in [5.74, 6) is -0.0648. The van der Waals surface area contributed by atoms with Gasteiger partial charge in [-0.2, -0.15) is 0 Å². The van der Waals surface area contributed by atoms with Gasteiger partial charge >= 0.3 is 5.97 Å². The van der Waals surface area contributed by atoms with Crippen molar-refractivity contribution in [3.8, 4) is 11.3 Å². The first-order valence-electron chi connectivity index (χ1n) is 7.59. The van der Waals surface area contributed by atoms with Gasteiger partial charge in [-0.05, 0) is 36.4 Å². The van der Waals surface area contributed by atoms with Crippen molar-refractivity contribution in [2.24, 2.45) is 0 Å². The Bertz CT molecular complexity index is 1030. The molecule has 1 N–H and O–H groups in total. The van der Waals surface area contributed by atoms with E-state index in [9.17, 15) is 14.7 Å². The summed E-state index contributed by atoms with van der Waals surface area (Å²) < 4.78 is 5.76. The van der Waals surface area contributed by atoms with Crippen molar-refractivity contribution in [3.05, 3.63) is 82.5 Å². The van der Waals surface area contributed by atoms with E-state index in [1.54, 1.807) is 36.4 Å². The molecule has 25 heavy (non-hydrogen) atoms. The quantitative estimate of drug-likeness (QED) is 0.677. The highest BCUT2D eigenvalue weighted by Crippen LogP contribution is 2.41. The second-order valence-corrected chi connectivity index (χ2v) is 6.57. The van der Waals surface area contributed by atoms with Crippen LogP contribution in [0.3, 0.4) is 0 Å². The molecule has 4 nitrogen and oxygen atoms in total. The molecule has 1 aliphatic heterocycles. The third kappa shape index (κ3) is 2.79. The topological polar surface area (TPSA) is 67.5 Å². The summed E-state index contributed by atoms with van der Waals surface area (Å²) in [6, 6.07) is 17.6. The minimum absolute atomic E-state index is 0.0236. The van der Waals surface area contributed by atoms with E-state index in [0.717, 1.165) is 4.90 Å². The Morgan fingerprint density at radius 3 is 2.44 bits per heavy atom. The normalized spacial score (nSPS) is 14.7. The summed E-state index contributed by atoms with van der Waals surface area (Å²) in [7, 11) is 0. The van der Waals surface area contributed by atoms with Gasteiger partial charge in [0, 0.05) is 16.0 Å². The van der Waals surface area contributed by atoms with Crippen molar-refractivity contribution in [1.82, 2.24) is 0 Å². The molecule has 0 radical (unpaired) electrons. The molecule has 2 aromatic carbocycles. The molecule has 0 spiro atoms. The van der Waals surface area contributed by atoms with E-state index in [1.165, 1.54) is 17.8 Å². The minimum atomic E-state index is -1.01. The largest absolute Gasteiger partial charge is 0.478 e. The van der Waals surface area contributed by atoms with Crippen LogP contribution in [-0.4, -0.2) is 16.9 Å². The van der Waals surface area contributed by atoms with Crippen molar-refractivity contribution in [3.63, 3.8) is 0 Å². The third-order valence-corrected chi connectivity index (χ3v) is 5.00. The van der Waals surface area contributed by atoms with Gasteiger partial charge in [0.05, 0.1) is 10.5 Å². The molecule has 0 saturated carbocycles. The van der Waals surface area contributed by atoms with Crippen LogP contribution in [0.1, 0.15) is 26.5 Å². The Balaban J connectivity index is 1.68. The molecule has 1 aromatic heterocycles. The van der Waals surface area contributed by atoms with E-state index in [-0.39, 0.29) is 11.3 Å². The van der Waals surface area contributed by atoms with Gasteiger partial charge in [-0.1, -0.05) is 42.1 Å². The molecule has 122 valence electrons. The highest BCUT2D eigenvalue weighted by atomic mass is 32.2. The van der Waals surface area contributed by atoms with Crippen LogP contribution in [0, 0.1) is 0 Å². The zero-order valence-corrected chi connectivity index (χ0v) is 13.7. The number of fused-ring (bicyclic) bond motifs is 1. The van der Waals surface area contributed by atoms with Gasteiger partial charge in [-0.3, -0.25) is 4.79 Å². The molecule has 0 aliphatic carbocycles. The number of rotatable bonds is 3. The highest BCUT2D eigenvalue weighted by molar-refractivity contribution is 8.04. The Labute approximate surface area is 147 Å². The number of ketones is 1. The standard InChI is InChI=1S/C20H12O4S/c21-19-15-7-3-4-8-17(15)25-18(19)11-12-9-10-16(24-12)13-5-1-2-6-14(13)20(22)23/h1-11H,(H,22,23). The molecule has 0 atom stereocenters. The highest BCUT2D eigenvalue weighted by Gasteiger charge is 2.25. The lowest BCUT2D eigenvalue weighted by atomic mass is 10.1. The van der Waals surface area contributed by atoms with Crippen molar-refractivity contribution in [2.45, 2.75) is 4.90 Å². The van der Waals surface area contributed by atoms with Crippen LogP contribution in [0.4, 0.5) is 0 Å². The van der Waals surface area contributed by atoms with E-state index in [0.29, 0.717) is 27.6 Å². The SMILES string of the molecule is O=C1C(=Cc2ccc(-c3ccccc3C(=O)O)o2)Sc2ccccc21. The molecule has 0 saturated heterocycles. The van der Waals surface area contributed by atoms with Crippen molar-refractivity contribution in [2.75, 3.05) is 0 Å². The molecule has 3 aromatic rings. The fourth-order valence-electron chi connectivity index (χ4n) is 2.72. The number of hydrogen-bond donors (Lipinski definition) is 1. The van der Waals surface area contributed by atoms with Crippen LogP contribution in [0.15, 0.2) is 74.9 Å². The number of Topliss-reactive ketones (excluding diaryl/α,β-unsaturated/α-hetero) is 1. The molecule has 0 fully saturated rings. The Kier molecular flexibility index (Phi) is 3.78. The summed E-state index contributed by atoms with van der Waals surface area (Å²) in [6.07, 6.45) is 1.69. The van der Waals surface area contributed by atoms with Crippen LogP contribution < -0.4 is 0 Å². The first-order chi connectivity index (χ1) is 12.1. The number of carbonyl (C=O) groups excluding carboxylic acids is 1. The number of aromatic carboxylic acids is 1. The Morgan fingerprint density at radius 1 is 0.960 bits per heavy atom. The van der Waals surface area contributed by atoms with Gasteiger partial charge in [0.15, 0.2) is 0 Å². The van der Waals surface area contributed by atoms with Gasteiger partial charge in [0.25, 0.3) is 0 Å². The van der Waals surface area contributed by atoms with E-state index in [1.807, 2.05) is 24.3 Å². The predicted molar refractivity (Wildman–Crippen MR) is 95.7 cm³/mol. The summed E-state index contributed by atoms with van der Waals surface area (Å²) >= 11 is 1.41. The predicted octanol–water partition coefficient (Wildman–Crippen LogP) is 4.97. The Morgan fingerprint density at radius 2 is 1.68 bits per heavy atom. The molecule has 0 bridgehead atoms. The number of furan rings is 1. The number of carboxylic acid groups (broad SMARTS) is 1. The second-order valence-electron chi connectivity index (χ2n) is 5.49. The number of allylic oxidation sites excluding steroid dienone is 1. The molecule has 5 heteroatoms. The average molecular weight is 348 g/mol. The van der Waals surface area contributed by atoms with E-state index >= 15 is 0 Å². The average Bonchev–Trinajstić information content (AvgIpc) is 3.21. The monoisotopic (exact) mass is 348 g/mol. The minimum Gasteiger partial charge on any atom is -0.478 e. The number of benzene rings is 2. The lowest BCUT2D eigenvalue weighted by molar-refractivity contribution is 0.0697. The summed E-state index contributed by atoms with van der Waals surface area (Å²) in [4.78, 5) is 25.3. The maximum atomic E-state index is 12.4. The summed E-state index contributed by atoms with van der Waals surface area (Å²) in [6.45, 7) is 0. The van der Waals surface area contributed by atoms with Crippen LogP contribution in [0.25, 0.3) is 17.4 Å². The fraction of sp³-hybridized carbons (Fsp3) is 0. The van der Waals surface area contributed by atoms with Gasteiger partial charge in [0.2, 0.25) is 5.78 Å². The van der Waals surface area contributed by atoms with E-state index in [4.69, 9.17) is 4.42 Å². The van der Waals surface area contributed by atoms with Crippen LogP contribution in [-0.2, 0) is 0 Å². The molecular formula is C20H12O4S. The first kappa shape index (κ1) is 15.5. The summed E-state index contributed by atoms with van der Waals surface area (Å²) in [5, 5.41) is 9.30. The summed E-state index contributed by atoms with van der Waals surface area (Å²) in [5.41, 5.74) is 1.38. The molecule has 1 aliphatic rings. The van der Waals surface area contributed by atoms with Crippen LogP contribution in [0.2, 0.25) is 0 Å². The van der Waals surface area contributed by atoms with Crippen molar-refractivity contribution < 1.29 is 19.1 Å². The fourth-order valence-corrected chi connectivity index (χ4v) is 3.76. The van der Waals surface area contributed by atoms with Gasteiger partial charge in [0.1, 0.15) is 11.5 Å². The van der Waals surface area contributed by atoms with E-state index in [2.05, 4.69) is 0 Å².